The molecule has 0 saturated carbocycles. The molecular formula is C34H29N5O6. The summed E-state index contributed by atoms with van der Waals surface area (Å²) < 4.78 is 9.00. The maximum absolute atomic E-state index is 13.7. The summed E-state index contributed by atoms with van der Waals surface area (Å²) in [7, 11) is 1.84. The number of nitrogens with one attached hydrogen (secondary N) is 1. The van der Waals surface area contributed by atoms with Crippen LogP contribution < -0.4 is 10.1 Å². The molecule has 11 nitrogen and oxygen atoms in total. The Morgan fingerprint density at radius 3 is 2.36 bits per heavy atom. The number of imidazole rings is 2. The number of phenolic OH excluding ortho intramolecular Hbond substituents is 1. The van der Waals surface area contributed by atoms with Crippen LogP contribution in [0.25, 0.3) is 22.1 Å². The van der Waals surface area contributed by atoms with Gasteiger partial charge in [0.05, 0.1) is 34.5 Å². The molecule has 0 aliphatic carbocycles. The average molecular weight is 604 g/mol. The highest BCUT2D eigenvalue weighted by molar-refractivity contribution is 6.02. The van der Waals surface area contributed by atoms with Gasteiger partial charge >= 0.3 is 5.97 Å². The number of carbonyl (C=O) groups is 3. The first-order valence-corrected chi connectivity index (χ1v) is 14.2. The van der Waals surface area contributed by atoms with E-state index in [4.69, 9.17) is 14.7 Å². The van der Waals surface area contributed by atoms with Gasteiger partial charge in [-0.2, -0.15) is 0 Å². The van der Waals surface area contributed by atoms with Gasteiger partial charge in [-0.15, -0.1) is 0 Å². The molecule has 3 N–H and O–H groups in total. The molecule has 0 radical (unpaired) electrons. The number of nitrogens with zero attached hydrogens (tertiary/aromatic N) is 4. The Morgan fingerprint density at radius 2 is 1.58 bits per heavy atom. The van der Waals surface area contributed by atoms with Crippen molar-refractivity contribution in [2.24, 2.45) is 7.05 Å². The van der Waals surface area contributed by atoms with Crippen molar-refractivity contribution in [3.8, 4) is 11.5 Å². The number of carboxylic acids is 1. The normalized spacial score (nSPS) is 11.9. The van der Waals surface area contributed by atoms with E-state index in [2.05, 4.69) is 5.32 Å². The molecule has 1 unspecified atom stereocenters. The van der Waals surface area contributed by atoms with E-state index in [1.165, 1.54) is 18.2 Å². The number of para-hydroxylation sites is 1. The summed E-state index contributed by atoms with van der Waals surface area (Å²) in [4.78, 5) is 47.7. The minimum atomic E-state index is -1.09. The quantitative estimate of drug-likeness (QED) is 0.196. The first kappa shape index (κ1) is 29.1. The molecule has 226 valence electrons. The van der Waals surface area contributed by atoms with Gasteiger partial charge in [0.1, 0.15) is 35.3 Å². The van der Waals surface area contributed by atoms with Gasteiger partial charge < -0.3 is 24.8 Å². The number of fused-ring (bicyclic) bond motifs is 2. The monoisotopic (exact) mass is 603 g/mol. The zero-order valence-electron chi connectivity index (χ0n) is 24.5. The van der Waals surface area contributed by atoms with Crippen LogP contribution in [-0.4, -0.2) is 60.3 Å². The summed E-state index contributed by atoms with van der Waals surface area (Å²) in [5, 5.41) is 22.2. The lowest BCUT2D eigenvalue weighted by atomic mass is 10.1. The van der Waals surface area contributed by atoms with Crippen molar-refractivity contribution < 1.29 is 29.3 Å². The number of carbonyl (C=O) groups excluding carboxylic acids is 2. The van der Waals surface area contributed by atoms with E-state index >= 15 is 0 Å². The lowest BCUT2D eigenvalue weighted by molar-refractivity contribution is 0.0691. The number of benzene rings is 4. The van der Waals surface area contributed by atoms with Crippen LogP contribution >= 0.6 is 0 Å². The molecule has 0 aliphatic rings. The fourth-order valence-electron chi connectivity index (χ4n) is 5.35. The van der Waals surface area contributed by atoms with Crippen molar-refractivity contribution in [2.75, 3.05) is 13.2 Å². The maximum atomic E-state index is 13.7. The number of hydrogen-bond donors (Lipinski definition) is 3. The largest absolute Gasteiger partial charge is 0.508 e. The molecule has 0 bridgehead atoms. The van der Waals surface area contributed by atoms with Crippen molar-refractivity contribution >= 4 is 39.9 Å². The Kier molecular flexibility index (Phi) is 7.74. The number of carboxylic acid groups (broad SMARTS) is 1. The standard InChI is InChI=1S/C34H29N5O6/c1-20(31-37-26-19-23(40)13-15-27(26)39(31)33(42)21-8-4-3-5-9-21)30-36-25-14-12-22(18-28(25)38(30)2)32(41)35-16-17-45-29-11-7-6-10-24(29)34(43)44/h3-15,18-20,40H,16-17H2,1-2H3,(H,35,41)(H,43,44). The number of aromatic hydroxyl groups is 1. The molecule has 45 heavy (non-hydrogen) atoms. The van der Waals surface area contributed by atoms with Crippen LogP contribution in [0.2, 0.25) is 0 Å². The maximum Gasteiger partial charge on any atom is 0.339 e. The summed E-state index contributed by atoms with van der Waals surface area (Å²) in [6.45, 7) is 2.17. The van der Waals surface area contributed by atoms with Crippen molar-refractivity contribution in [1.82, 2.24) is 24.4 Å². The lowest BCUT2D eigenvalue weighted by Crippen LogP contribution is -2.28. The molecule has 1 amide bonds. The fraction of sp³-hybridized carbons (Fsp3) is 0.147. The van der Waals surface area contributed by atoms with Gasteiger partial charge in [0.15, 0.2) is 0 Å². The van der Waals surface area contributed by atoms with E-state index in [9.17, 15) is 24.6 Å². The summed E-state index contributed by atoms with van der Waals surface area (Å²) in [5.41, 5.74) is 3.39. The highest BCUT2D eigenvalue weighted by atomic mass is 16.5. The lowest BCUT2D eigenvalue weighted by Gasteiger charge is -2.14. The van der Waals surface area contributed by atoms with Gasteiger partial charge in [-0.05, 0) is 61.5 Å². The average Bonchev–Trinajstić information content (AvgIpc) is 3.59. The number of aromatic carboxylic acids is 1. The third kappa shape index (κ3) is 5.58. The Morgan fingerprint density at radius 1 is 0.844 bits per heavy atom. The minimum Gasteiger partial charge on any atom is -0.508 e. The Balaban J connectivity index is 1.25. The molecule has 4 aromatic carbocycles. The van der Waals surface area contributed by atoms with Crippen molar-refractivity contribution in [2.45, 2.75) is 12.8 Å². The smallest absolute Gasteiger partial charge is 0.339 e. The number of ether oxygens (including phenoxy) is 1. The third-order valence-corrected chi connectivity index (χ3v) is 7.60. The molecule has 0 fully saturated rings. The van der Waals surface area contributed by atoms with Crippen LogP contribution in [0, 0.1) is 0 Å². The summed E-state index contributed by atoms with van der Waals surface area (Å²) in [5.74, 6) is -0.729. The first-order valence-electron chi connectivity index (χ1n) is 14.2. The molecule has 0 saturated heterocycles. The predicted octanol–water partition coefficient (Wildman–Crippen LogP) is 4.98. The second-order valence-electron chi connectivity index (χ2n) is 10.5. The number of aryl methyl sites for hydroxylation is 1. The van der Waals surface area contributed by atoms with E-state index < -0.39 is 11.9 Å². The van der Waals surface area contributed by atoms with Crippen LogP contribution in [-0.2, 0) is 7.05 Å². The molecule has 0 aliphatic heterocycles. The Bertz CT molecular complexity index is 2080. The summed E-state index contributed by atoms with van der Waals surface area (Å²) >= 11 is 0. The zero-order chi connectivity index (χ0) is 31.7. The van der Waals surface area contributed by atoms with Gasteiger partial charge in [-0.3, -0.25) is 14.2 Å². The van der Waals surface area contributed by atoms with Crippen molar-refractivity contribution in [3.05, 3.63) is 119 Å². The molecule has 2 aromatic heterocycles. The van der Waals surface area contributed by atoms with E-state index in [0.29, 0.717) is 44.8 Å². The first-order chi connectivity index (χ1) is 21.7. The van der Waals surface area contributed by atoms with Gasteiger partial charge in [0, 0.05) is 24.2 Å². The second-order valence-corrected chi connectivity index (χ2v) is 10.5. The zero-order valence-corrected chi connectivity index (χ0v) is 24.5. The molecule has 0 spiro atoms. The SMILES string of the molecule is CC(c1nc2ccc(C(=O)NCCOc3ccccc3C(=O)O)cc2n1C)c1nc2cc(O)ccc2n1C(=O)c1ccccc1. The Hall–Kier alpha value is -5.97. The molecule has 6 aromatic rings. The van der Waals surface area contributed by atoms with Crippen LogP contribution in [0.4, 0.5) is 0 Å². The van der Waals surface area contributed by atoms with Gasteiger partial charge in [-0.25, -0.2) is 14.8 Å². The van der Waals surface area contributed by atoms with E-state index in [-0.39, 0.29) is 42.0 Å². The molecule has 1 atom stereocenters. The molecule has 11 heteroatoms. The van der Waals surface area contributed by atoms with Gasteiger partial charge in [0.2, 0.25) is 0 Å². The van der Waals surface area contributed by atoms with Crippen LogP contribution in [0.5, 0.6) is 11.5 Å². The van der Waals surface area contributed by atoms with E-state index in [0.717, 1.165) is 0 Å². The number of phenols is 1. The summed E-state index contributed by atoms with van der Waals surface area (Å²) in [6, 6.07) is 25.1. The van der Waals surface area contributed by atoms with Gasteiger partial charge in [0.25, 0.3) is 11.8 Å². The highest BCUT2D eigenvalue weighted by Gasteiger charge is 2.27. The summed E-state index contributed by atoms with van der Waals surface area (Å²) in [6.07, 6.45) is 0. The Labute approximate surface area is 257 Å². The van der Waals surface area contributed by atoms with E-state index in [1.807, 2.05) is 24.6 Å². The second kappa shape index (κ2) is 12.0. The third-order valence-electron chi connectivity index (χ3n) is 7.60. The predicted molar refractivity (Wildman–Crippen MR) is 167 cm³/mol. The van der Waals surface area contributed by atoms with E-state index in [1.54, 1.807) is 71.3 Å². The topological polar surface area (TPSA) is 149 Å². The van der Waals surface area contributed by atoms with Crippen LogP contribution in [0.15, 0.2) is 91.0 Å². The number of hydrogen-bond acceptors (Lipinski definition) is 7. The number of rotatable bonds is 9. The minimum absolute atomic E-state index is 0.0451. The molecule has 6 rings (SSSR count). The molecular weight excluding hydrogens is 574 g/mol. The molecule has 2 heterocycles. The number of aromatic nitrogens is 4. The van der Waals surface area contributed by atoms with Crippen LogP contribution in [0.1, 0.15) is 55.6 Å². The van der Waals surface area contributed by atoms with Gasteiger partial charge in [-0.1, -0.05) is 30.3 Å². The van der Waals surface area contributed by atoms with Crippen LogP contribution in [0.3, 0.4) is 0 Å². The fourth-order valence-corrected chi connectivity index (χ4v) is 5.35. The number of amides is 1. The highest BCUT2D eigenvalue weighted by Crippen LogP contribution is 2.31. The van der Waals surface area contributed by atoms with Crippen molar-refractivity contribution in [1.29, 1.82) is 0 Å². The van der Waals surface area contributed by atoms with Crippen molar-refractivity contribution in [3.63, 3.8) is 0 Å².